The molecule has 1 aliphatic heterocycles. The smallest absolute Gasteiger partial charge is 0.268 e. The van der Waals surface area contributed by atoms with Gasteiger partial charge in [0.2, 0.25) is 5.91 Å². The van der Waals surface area contributed by atoms with E-state index in [4.69, 9.17) is 4.28 Å². The number of hydrogen-bond acceptors (Lipinski definition) is 6. The maximum Gasteiger partial charge on any atom is 0.268 e. The summed E-state index contributed by atoms with van der Waals surface area (Å²) in [6, 6.07) is 6.87. The number of fused-ring (bicyclic) bond motifs is 3. The lowest BCUT2D eigenvalue weighted by atomic mass is 10.1. The number of rotatable bonds is 6. The van der Waals surface area contributed by atoms with E-state index in [1.807, 2.05) is 17.6 Å². The molecule has 2 N–H and O–H groups in total. The third kappa shape index (κ3) is 3.37. The van der Waals surface area contributed by atoms with Crippen LogP contribution in [-0.4, -0.2) is 52.9 Å². The lowest BCUT2D eigenvalue weighted by Crippen LogP contribution is -2.41. The van der Waals surface area contributed by atoms with Crippen molar-refractivity contribution in [3.8, 4) is 0 Å². The number of hydrogen-bond donors (Lipinski definition) is 2. The zero-order chi connectivity index (χ0) is 18.8. The van der Waals surface area contributed by atoms with Crippen LogP contribution >= 0.6 is 12.0 Å². The van der Waals surface area contributed by atoms with Crippen molar-refractivity contribution in [3.05, 3.63) is 30.0 Å². The van der Waals surface area contributed by atoms with Gasteiger partial charge in [0.15, 0.2) is 0 Å². The number of amides is 2. The van der Waals surface area contributed by atoms with E-state index in [-0.39, 0.29) is 17.9 Å². The van der Waals surface area contributed by atoms with Gasteiger partial charge in [-0.25, -0.2) is 0 Å². The van der Waals surface area contributed by atoms with Crippen molar-refractivity contribution < 1.29 is 19.1 Å². The summed E-state index contributed by atoms with van der Waals surface area (Å²) < 4.78 is 6.89. The summed E-state index contributed by atoms with van der Waals surface area (Å²) >= 11 is 1.01. The summed E-state index contributed by atoms with van der Waals surface area (Å²) in [4.78, 5) is 26.3. The zero-order valence-electron chi connectivity index (χ0n) is 14.9. The van der Waals surface area contributed by atoms with Gasteiger partial charge in [-0.2, -0.15) is 4.28 Å². The lowest BCUT2D eigenvalue weighted by Gasteiger charge is -2.28. The van der Waals surface area contributed by atoms with E-state index in [2.05, 4.69) is 5.32 Å². The van der Waals surface area contributed by atoms with Gasteiger partial charge in [-0.15, -0.1) is 5.23 Å². The second kappa shape index (κ2) is 7.56. The second-order valence-corrected chi connectivity index (χ2v) is 6.62. The molecule has 0 spiro atoms. The number of benzene rings is 1. The summed E-state index contributed by atoms with van der Waals surface area (Å²) in [5.41, 5.74) is 1.80. The lowest BCUT2D eigenvalue weighted by molar-refractivity contribution is -0.130. The molecule has 2 heterocycles. The van der Waals surface area contributed by atoms with Crippen molar-refractivity contribution in [1.82, 2.24) is 14.8 Å². The van der Waals surface area contributed by atoms with E-state index in [9.17, 15) is 14.8 Å². The van der Waals surface area contributed by atoms with Gasteiger partial charge < -0.3 is 14.8 Å². The Bertz CT molecular complexity index is 838. The quantitative estimate of drug-likeness (QED) is 0.592. The molecule has 0 radical (unpaired) electrons. The molecule has 26 heavy (non-hydrogen) atoms. The summed E-state index contributed by atoms with van der Waals surface area (Å²) in [6.07, 6.45) is 2.00. The molecule has 1 aromatic carbocycles. The highest BCUT2D eigenvalue weighted by Crippen LogP contribution is 2.31. The third-order valence-electron chi connectivity index (χ3n) is 4.59. The maximum atomic E-state index is 12.3. The summed E-state index contributed by atoms with van der Waals surface area (Å²) in [5, 5.41) is 14.2. The van der Waals surface area contributed by atoms with Gasteiger partial charge in [0.25, 0.3) is 5.91 Å². The predicted molar refractivity (Wildman–Crippen MR) is 100 cm³/mol. The van der Waals surface area contributed by atoms with Crippen molar-refractivity contribution in [2.75, 3.05) is 31.6 Å². The fraction of sp³-hybridized carbons (Fsp3) is 0.412. The van der Waals surface area contributed by atoms with Crippen LogP contribution in [0.5, 0.6) is 0 Å². The van der Waals surface area contributed by atoms with Crippen LogP contribution < -0.4 is 10.5 Å². The molecule has 1 unspecified atom stereocenters. The van der Waals surface area contributed by atoms with Crippen LogP contribution in [0.1, 0.15) is 29.9 Å². The predicted octanol–water partition coefficient (Wildman–Crippen LogP) is 2.20. The number of anilines is 1. The zero-order valence-corrected chi connectivity index (χ0v) is 15.7. The highest BCUT2D eigenvalue weighted by molar-refractivity contribution is 7.93. The van der Waals surface area contributed by atoms with Crippen LogP contribution in [-0.2, 0) is 9.08 Å². The molecule has 1 aliphatic rings. The number of carbonyl (C=O) groups excluding carboxylic acids is 2. The first-order valence-corrected chi connectivity index (χ1v) is 9.48. The minimum atomic E-state index is -0.170. The standard InChI is InChI=1S/C17H22N4O4S/c1-4-19(2)16(22)9-13-10-18-17(23)15-8-11-7-12(21(24)25-26-3)5-6-14(11)20(13)15/h5-8,13,24H,4,9-10H2,1-3H3,(H,18,23). The van der Waals surface area contributed by atoms with Crippen molar-refractivity contribution in [2.24, 2.45) is 0 Å². The topological polar surface area (TPSA) is 87.0 Å². The number of aromatic nitrogens is 1. The monoisotopic (exact) mass is 378 g/mol. The minimum absolute atomic E-state index is 0.0352. The van der Waals surface area contributed by atoms with Crippen molar-refractivity contribution >= 4 is 40.4 Å². The van der Waals surface area contributed by atoms with Gasteiger partial charge in [-0.3, -0.25) is 14.8 Å². The van der Waals surface area contributed by atoms with Gasteiger partial charge in [-0.05, 0) is 31.2 Å². The van der Waals surface area contributed by atoms with Gasteiger partial charge >= 0.3 is 0 Å². The fourth-order valence-electron chi connectivity index (χ4n) is 3.11. The first-order chi connectivity index (χ1) is 12.5. The molecule has 0 aliphatic carbocycles. The second-order valence-electron chi connectivity index (χ2n) is 6.13. The summed E-state index contributed by atoms with van der Waals surface area (Å²) in [6.45, 7) is 2.97. The Morgan fingerprint density at radius 3 is 2.92 bits per heavy atom. The molecule has 3 rings (SSSR count). The Hall–Kier alpha value is -2.23. The highest BCUT2D eigenvalue weighted by Gasteiger charge is 2.29. The normalized spacial score (nSPS) is 16.3. The van der Waals surface area contributed by atoms with E-state index >= 15 is 0 Å². The van der Waals surface area contributed by atoms with Crippen LogP contribution in [0.15, 0.2) is 24.3 Å². The number of nitrogens with one attached hydrogen (secondary N) is 1. The fourth-order valence-corrected chi connectivity index (χ4v) is 3.34. The molecule has 1 aromatic heterocycles. The maximum absolute atomic E-state index is 12.3. The largest absolute Gasteiger partial charge is 0.349 e. The molecule has 140 valence electrons. The molecule has 0 saturated carbocycles. The number of carbonyl (C=O) groups is 2. The molecule has 0 fully saturated rings. The highest BCUT2D eigenvalue weighted by atomic mass is 32.2. The Balaban J connectivity index is 1.99. The molecule has 0 saturated heterocycles. The molecule has 0 bridgehead atoms. The van der Waals surface area contributed by atoms with E-state index in [1.165, 1.54) is 0 Å². The molecular formula is C17H22N4O4S. The van der Waals surface area contributed by atoms with Crippen LogP contribution in [0.25, 0.3) is 10.9 Å². The van der Waals surface area contributed by atoms with Crippen molar-refractivity contribution in [1.29, 1.82) is 0 Å². The van der Waals surface area contributed by atoms with Crippen LogP contribution in [0.2, 0.25) is 0 Å². The Morgan fingerprint density at radius 2 is 2.23 bits per heavy atom. The minimum Gasteiger partial charge on any atom is -0.349 e. The first kappa shape index (κ1) is 18.6. The van der Waals surface area contributed by atoms with Crippen molar-refractivity contribution in [3.63, 3.8) is 0 Å². The molecule has 9 heteroatoms. The Morgan fingerprint density at radius 1 is 1.46 bits per heavy atom. The van der Waals surface area contributed by atoms with E-state index in [0.29, 0.717) is 36.1 Å². The van der Waals surface area contributed by atoms with Crippen molar-refractivity contribution in [2.45, 2.75) is 19.4 Å². The molecule has 2 aromatic rings. The SMILES string of the molecule is CCN(C)C(=O)CC1CNC(=O)c2cc3cc(N(O)OSC)ccc3n21. The first-order valence-electron chi connectivity index (χ1n) is 8.33. The van der Waals surface area contributed by atoms with E-state index in [1.54, 1.807) is 36.4 Å². The van der Waals surface area contributed by atoms with Crippen LogP contribution in [0.3, 0.4) is 0 Å². The molecular weight excluding hydrogens is 356 g/mol. The Kier molecular flexibility index (Phi) is 5.40. The van der Waals surface area contributed by atoms with E-state index in [0.717, 1.165) is 22.9 Å². The average Bonchev–Trinajstić information content (AvgIpc) is 3.03. The van der Waals surface area contributed by atoms with Gasteiger partial charge in [0.1, 0.15) is 5.69 Å². The summed E-state index contributed by atoms with van der Waals surface area (Å²) in [5.74, 6) is -0.135. The molecule has 8 nitrogen and oxygen atoms in total. The molecule has 1 atom stereocenters. The van der Waals surface area contributed by atoms with E-state index < -0.39 is 0 Å². The number of nitrogens with zero attached hydrogens (tertiary/aromatic N) is 3. The summed E-state index contributed by atoms with van der Waals surface area (Å²) in [7, 11) is 1.77. The van der Waals surface area contributed by atoms with Crippen LogP contribution in [0.4, 0.5) is 5.69 Å². The third-order valence-corrected chi connectivity index (χ3v) is 4.89. The Labute approximate surface area is 155 Å². The van der Waals surface area contributed by atoms with Gasteiger partial charge in [0.05, 0.1) is 11.7 Å². The van der Waals surface area contributed by atoms with Gasteiger partial charge in [-0.1, -0.05) is 0 Å². The average molecular weight is 378 g/mol. The molecule has 2 amide bonds. The van der Waals surface area contributed by atoms with Crippen LogP contribution in [0, 0.1) is 0 Å². The van der Waals surface area contributed by atoms with Gasteiger partial charge in [0, 0.05) is 55.8 Å².